The number of rotatable bonds is 27. The zero-order chi connectivity index (χ0) is 65.4. The highest BCUT2D eigenvalue weighted by Crippen LogP contribution is 2.48. The maximum absolute atomic E-state index is 14.1. The normalized spacial score (nSPS) is 11.5. The van der Waals surface area contributed by atoms with Gasteiger partial charge in [-0.2, -0.15) is 0 Å². The fourth-order valence-electron chi connectivity index (χ4n) is 8.66. The number of ether oxygens (including phenoxy) is 6. The van der Waals surface area contributed by atoms with E-state index in [0.717, 1.165) is 35.3 Å². The summed E-state index contributed by atoms with van der Waals surface area (Å²) in [5.74, 6) is 1.77. The summed E-state index contributed by atoms with van der Waals surface area (Å²) < 4.78 is 33.7. The number of nitrogens with zero attached hydrogens (tertiary/aromatic N) is 11. The molecule has 88 heavy (non-hydrogen) atoms. The lowest BCUT2D eigenvalue weighted by molar-refractivity contribution is -0.385. The van der Waals surface area contributed by atoms with Gasteiger partial charge < -0.3 is 44.0 Å². The Balaban J connectivity index is 0.000000321. The molecule has 0 saturated heterocycles. The van der Waals surface area contributed by atoms with Gasteiger partial charge in [0, 0.05) is 111 Å². The minimum atomic E-state index is -1.41. The first-order valence-corrected chi connectivity index (χ1v) is 36.9. The highest BCUT2D eigenvalue weighted by Gasteiger charge is 2.32. The Kier molecular flexibility index (Phi) is 26.9. The van der Waals surface area contributed by atoms with Crippen LogP contribution < -0.4 is 44.3 Å². The van der Waals surface area contributed by atoms with Crippen molar-refractivity contribution in [2.24, 2.45) is 0 Å². The second-order valence-corrected chi connectivity index (χ2v) is 36.3. The molecule has 0 bridgehead atoms. The van der Waals surface area contributed by atoms with Crippen molar-refractivity contribution in [3.63, 3.8) is 0 Å². The van der Waals surface area contributed by atoms with E-state index < -0.39 is 33.1 Å². The van der Waals surface area contributed by atoms with Crippen molar-refractivity contribution in [1.82, 2.24) is 29.7 Å². The molecule has 0 radical (unpaired) electrons. The van der Waals surface area contributed by atoms with Gasteiger partial charge in [-0.3, -0.25) is 29.7 Å². The van der Waals surface area contributed by atoms with Crippen LogP contribution in [0.5, 0.6) is 23.0 Å². The van der Waals surface area contributed by atoms with Crippen molar-refractivity contribution in [2.75, 3.05) is 123 Å². The molecule has 2 N–H and O–H groups in total. The first kappa shape index (κ1) is 72.2. The van der Waals surface area contributed by atoms with Crippen LogP contribution >= 0.6 is 46.4 Å². The zero-order valence-corrected chi connectivity index (χ0v) is 58.1. The Morgan fingerprint density at radius 1 is 0.545 bits per heavy atom. The lowest BCUT2D eigenvalue weighted by atomic mass is 10.0. The average molecular weight is 1330 g/mol. The van der Waals surface area contributed by atoms with E-state index in [1.54, 1.807) is 44.4 Å². The summed E-state index contributed by atoms with van der Waals surface area (Å²) >= 11 is 26.8. The van der Waals surface area contributed by atoms with E-state index in [-0.39, 0.29) is 74.4 Å². The number of hydrogen-bond acceptors (Lipinski definition) is 17. The van der Waals surface area contributed by atoms with Crippen LogP contribution in [0.2, 0.25) is 71.5 Å². The van der Waals surface area contributed by atoms with E-state index in [2.05, 4.69) is 70.2 Å². The number of halogens is 4. The monoisotopic (exact) mass is 1330 g/mol. The molecule has 0 spiro atoms. The number of anilines is 5. The molecule has 2 heterocycles. The quantitative estimate of drug-likeness (QED) is 0.0126. The largest absolute Gasteiger partial charge is 0.495 e. The van der Waals surface area contributed by atoms with E-state index in [9.17, 15) is 19.7 Å². The van der Waals surface area contributed by atoms with Gasteiger partial charge in [0.25, 0.3) is 5.69 Å². The molecule has 0 atom stereocenters. The van der Waals surface area contributed by atoms with Crippen molar-refractivity contribution in [3.05, 3.63) is 137 Å². The molecule has 6 aromatic rings. The minimum Gasteiger partial charge on any atom is -0.495 e. The van der Waals surface area contributed by atoms with Crippen LogP contribution in [0.4, 0.5) is 44.0 Å². The number of nitro benzene ring substituents is 1. The van der Waals surface area contributed by atoms with E-state index in [4.69, 9.17) is 80.6 Å². The number of carbonyl (C=O) groups excluding carboxylic acids is 2. The summed E-state index contributed by atoms with van der Waals surface area (Å²) in [5, 5.41) is 12.4. The second kappa shape index (κ2) is 32.8. The summed E-state index contributed by atoms with van der Waals surface area (Å²) in [5.41, 5.74) is 12.0. The Morgan fingerprint density at radius 3 is 1.25 bits per heavy atom. The summed E-state index contributed by atoms with van der Waals surface area (Å²) in [6.07, 6.45) is 3.36. The summed E-state index contributed by atoms with van der Waals surface area (Å²) in [7, 11) is 14.0. The molecule has 4 amide bonds. The number of nitrogen functional groups attached to an aromatic ring is 1. The second-order valence-electron chi connectivity index (χ2n) is 23.6. The highest BCUT2D eigenvalue weighted by atomic mass is 35.5. The van der Waals surface area contributed by atoms with E-state index >= 15 is 0 Å². The number of nitrogens with two attached hydrogens (primary N) is 1. The third kappa shape index (κ3) is 20.2. The maximum atomic E-state index is 14.1. The number of aromatic nitrogens is 4. The van der Waals surface area contributed by atoms with Crippen molar-refractivity contribution in [2.45, 2.75) is 77.3 Å². The molecule has 22 nitrogen and oxygen atoms in total. The van der Waals surface area contributed by atoms with Gasteiger partial charge in [-0.05, 0) is 63.0 Å². The Morgan fingerprint density at radius 2 is 0.909 bits per heavy atom. The lowest BCUT2D eigenvalue weighted by Crippen LogP contribution is -2.43. The smallest absolute Gasteiger partial charge is 0.331 e. The highest BCUT2D eigenvalue weighted by molar-refractivity contribution is 6.76. The molecule has 0 saturated carbocycles. The molecular weight excluding hydrogens is 1250 g/mol. The molecule has 0 aliphatic rings. The first-order chi connectivity index (χ1) is 41.4. The SMILES string of the molecule is COc1cc(OC)c(Cl)c(N(COCC[Si](C)(C)C)C(=O)N(C)c2cc(Cc3ccc(CN(C)C)cc3N)ncn2)c1Cl.COc1cc(OC)c(Cl)c(N(COCC[Si](C)(C)C)C(=O)N(C)c2cc(Cc3ccc(CN(C)C)cc3[N+](=O)[O-])ncn2)c1Cl. The summed E-state index contributed by atoms with van der Waals surface area (Å²) in [6.45, 7) is 15.5. The molecule has 0 aliphatic heterocycles. The van der Waals surface area contributed by atoms with E-state index in [1.165, 1.54) is 66.8 Å². The predicted molar refractivity (Wildman–Crippen MR) is 358 cm³/mol. The van der Waals surface area contributed by atoms with Crippen molar-refractivity contribution < 1.29 is 42.9 Å². The number of hydrogen-bond donors (Lipinski definition) is 1. The van der Waals surface area contributed by atoms with Gasteiger partial charge in [0.1, 0.15) is 80.8 Å². The molecule has 0 aliphatic carbocycles. The average Bonchev–Trinajstić information content (AvgIpc) is 3.56. The third-order valence-corrected chi connectivity index (χ3v) is 18.4. The van der Waals surface area contributed by atoms with Gasteiger partial charge in [-0.15, -0.1) is 0 Å². The minimum absolute atomic E-state index is 0.00292. The molecule has 478 valence electrons. The number of amides is 4. The fourth-order valence-corrected chi connectivity index (χ4v) is 11.6. The molecule has 6 rings (SSSR count). The number of benzene rings is 4. The summed E-state index contributed by atoms with van der Waals surface area (Å²) in [6, 6.07) is 18.4. The predicted octanol–water partition coefficient (Wildman–Crippen LogP) is 13.1. The lowest BCUT2D eigenvalue weighted by Gasteiger charge is -2.30. The molecule has 28 heteroatoms. The van der Waals surface area contributed by atoms with Crippen LogP contribution in [-0.2, 0) is 35.4 Å². The Hall–Kier alpha value is -6.59. The summed E-state index contributed by atoms with van der Waals surface area (Å²) in [4.78, 5) is 66.5. The van der Waals surface area contributed by atoms with Crippen molar-refractivity contribution in [1.29, 1.82) is 0 Å². The van der Waals surface area contributed by atoms with Gasteiger partial charge in [0.05, 0.1) is 56.1 Å². The molecule has 0 unspecified atom stereocenters. The number of nitro groups is 1. The Bertz CT molecular complexity index is 3320. The zero-order valence-electron chi connectivity index (χ0n) is 53.1. The van der Waals surface area contributed by atoms with Crippen molar-refractivity contribution in [3.8, 4) is 23.0 Å². The van der Waals surface area contributed by atoms with Crippen LogP contribution in [0.1, 0.15) is 33.6 Å². The third-order valence-electron chi connectivity index (χ3n) is 13.5. The number of carbonyl (C=O) groups is 2. The van der Waals surface area contributed by atoms with Gasteiger partial charge >= 0.3 is 12.1 Å². The number of methoxy groups -OCH3 is 4. The van der Waals surface area contributed by atoms with Crippen LogP contribution in [0.25, 0.3) is 0 Å². The van der Waals surface area contributed by atoms with Crippen LogP contribution in [-0.4, -0.2) is 160 Å². The molecule has 0 fully saturated rings. The first-order valence-electron chi connectivity index (χ1n) is 27.9. The van der Waals surface area contributed by atoms with Crippen LogP contribution in [0.3, 0.4) is 0 Å². The van der Waals surface area contributed by atoms with Gasteiger partial charge in [0.2, 0.25) is 0 Å². The van der Waals surface area contributed by atoms with Gasteiger partial charge in [-0.1, -0.05) is 110 Å². The van der Waals surface area contributed by atoms with E-state index in [1.807, 2.05) is 51.3 Å². The van der Waals surface area contributed by atoms with Gasteiger partial charge in [0.15, 0.2) is 0 Å². The molecule has 2 aromatic heterocycles. The van der Waals surface area contributed by atoms with Crippen LogP contribution in [0.15, 0.2) is 73.3 Å². The standard InChI is InChI=1S/C30H40Cl2N6O6Si.C30H42Cl2N6O4Si/c1-35(2)17-20-9-10-21(23(13-20)38(40)41)14-22-15-26(34-18-33-22)36(3)30(39)37(19-44-11-12-45(6,7)8)29-27(31)24(42-4)16-25(43-5)28(29)32;1-36(2)17-20-9-10-21(23(33)13-20)14-22-15-26(35-18-34-22)37(3)30(39)38(19-42-11-12-43(6,7)8)29-27(31)24(40-4)16-25(41-5)28(29)32/h9-10,13,15-16,18H,11-12,14,17,19H2,1-8H3;9-10,13,15-16,18H,11-12,14,17,19,33H2,1-8H3. The maximum Gasteiger partial charge on any atom is 0.331 e. The fraction of sp³-hybridized carbons (Fsp3) is 0.433. The topological polar surface area (TPSA) is 230 Å². The van der Waals surface area contributed by atoms with Crippen LogP contribution in [0, 0.1) is 10.1 Å². The number of urea groups is 2. The molecular formula is C60H82Cl4N12O10Si2. The van der Waals surface area contributed by atoms with Crippen molar-refractivity contribution >= 4 is 109 Å². The van der Waals surface area contributed by atoms with E-state index in [0.29, 0.717) is 66.1 Å². The molecule has 4 aromatic carbocycles. The van der Waals surface area contributed by atoms with Gasteiger partial charge in [-0.25, -0.2) is 29.5 Å². The Labute approximate surface area is 538 Å².